The molecule has 0 saturated heterocycles. The van der Waals surface area contributed by atoms with Gasteiger partial charge >= 0.3 is 0 Å². The molecule has 3 N–H and O–H groups in total. The van der Waals surface area contributed by atoms with Gasteiger partial charge in [0.25, 0.3) is 5.91 Å². The van der Waals surface area contributed by atoms with E-state index in [0.29, 0.717) is 6.54 Å². The van der Waals surface area contributed by atoms with Gasteiger partial charge in [-0.05, 0) is 37.0 Å². The lowest BCUT2D eigenvalue weighted by Crippen LogP contribution is -2.24. The molecule has 0 unspecified atom stereocenters. The smallest absolute Gasteiger partial charge is 0.251 e. The molecule has 3 nitrogen and oxygen atoms in total. The number of unbranched alkanes of at least 4 members (excludes halogenated alkanes) is 3. The summed E-state index contributed by atoms with van der Waals surface area (Å²) < 4.78 is 26.4. The number of rotatable bonds is 8. The third-order valence-corrected chi connectivity index (χ3v) is 3.60. The number of nitrogen functional groups attached to an aromatic ring is 1. The summed E-state index contributed by atoms with van der Waals surface area (Å²) >= 11 is 1.82. The van der Waals surface area contributed by atoms with Crippen LogP contribution in [0.2, 0.25) is 0 Å². The lowest BCUT2D eigenvalue weighted by atomic mass is 10.1. The average molecular weight is 302 g/mol. The van der Waals surface area contributed by atoms with Crippen molar-refractivity contribution < 1.29 is 13.6 Å². The molecule has 0 aliphatic heterocycles. The Morgan fingerprint density at radius 2 is 1.80 bits per heavy atom. The Balaban J connectivity index is 2.33. The maximum atomic E-state index is 13.2. The first-order valence-electron chi connectivity index (χ1n) is 6.58. The Hall–Kier alpha value is -1.30. The molecule has 112 valence electrons. The molecule has 1 aromatic carbocycles. The largest absolute Gasteiger partial charge is 0.394 e. The van der Waals surface area contributed by atoms with Crippen molar-refractivity contribution in [3.63, 3.8) is 0 Å². The molecule has 20 heavy (non-hydrogen) atoms. The van der Waals surface area contributed by atoms with Crippen molar-refractivity contribution in [2.24, 2.45) is 0 Å². The number of thioether (sulfide) groups is 1. The number of hydrogen-bond donors (Lipinski definition) is 2. The van der Waals surface area contributed by atoms with E-state index in [0.717, 1.165) is 37.1 Å². The van der Waals surface area contributed by atoms with E-state index < -0.39 is 23.2 Å². The van der Waals surface area contributed by atoms with Gasteiger partial charge in [0.15, 0.2) is 0 Å². The zero-order chi connectivity index (χ0) is 15.0. The first-order chi connectivity index (χ1) is 9.56. The van der Waals surface area contributed by atoms with E-state index in [1.807, 2.05) is 11.8 Å². The minimum absolute atomic E-state index is 0.0448. The molecule has 0 saturated carbocycles. The summed E-state index contributed by atoms with van der Waals surface area (Å²) in [7, 11) is 0. The molecule has 1 aromatic rings. The number of carbonyl (C=O) groups is 1. The van der Waals surface area contributed by atoms with E-state index in [2.05, 4.69) is 11.6 Å². The number of nitrogens with one attached hydrogen (secondary N) is 1. The van der Waals surface area contributed by atoms with E-state index in [4.69, 9.17) is 5.73 Å². The highest BCUT2D eigenvalue weighted by Gasteiger charge is 2.12. The van der Waals surface area contributed by atoms with E-state index >= 15 is 0 Å². The van der Waals surface area contributed by atoms with Gasteiger partial charge in [-0.25, -0.2) is 8.78 Å². The number of carbonyl (C=O) groups excluding carboxylic acids is 1. The fourth-order valence-corrected chi connectivity index (χ4v) is 2.24. The van der Waals surface area contributed by atoms with Gasteiger partial charge in [-0.1, -0.05) is 12.8 Å². The zero-order valence-electron chi connectivity index (χ0n) is 11.5. The first kappa shape index (κ1) is 16.8. The molecule has 0 spiro atoms. The third-order valence-electron chi connectivity index (χ3n) is 2.90. The summed E-state index contributed by atoms with van der Waals surface area (Å²) in [5.74, 6) is -1.15. The minimum atomic E-state index is -0.910. The average Bonchev–Trinajstić information content (AvgIpc) is 2.43. The van der Waals surface area contributed by atoms with Crippen molar-refractivity contribution in [1.29, 1.82) is 0 Å². The van der Waals surface area contributed by atoms with Crippen molar-refractivity contribution in [2.75, 3.05) is 24.3 Å². The van der Waals surface area contributed by atoms with Crippen molar-refractivity contribution >= 4 is 23.4 Å². The molecule has 0 aliphatic rings. The highest BCUT2D eigenvalue weighted by atomic mass is 32.2. The molecule has 1 rings (SSSR count). The molecule has 1 amide bonds. The predicted octanol–water partition coefficient (Wildman–Crippen LogP) is 3.20. The van der Waals surface area contributed by atoms with Gasteiger partial charge in [-0.15, -0.1) is 0 Å². The number of hydrogen-bond acceptors (Lipinski definition) is 3. The van der Waals surface area contributed by atoms with Crippen LogP contribution in [0.4, 0.5) is 14.5 Å². The predicted molar refractivity (Wildman–Crippen MR) is 80.0 cm³/mol. The van der Waals surface area contributed by atoms with Crippen LogP contribution in [0.1, 0.15) is 36.0 Å². The standard InChI is InChI=1S/C14H20F2N2OS/c1-20-7-5-3-2-4-6-18-14(19)10-8-11(15)13(17)12(16)9-10/h8-9H,2-7,17H2,1H3,(H,18,19). The Morgan fingerprint density at radius 1 is 1.20 bits per heavy atom. The van der Waals surface area contributed by atoms with Crippen LogP contribution in [-0.2, 0) is 0 Å². The van der Waals surface area contributed by atoms with Gasteiger partial charge in [-0.2, -0.15) is 11.8 Å². The number of anilines is 1. The van der Waals surface area contributed by atoms with Crippen LogP contribution in [0.3, 0.4) is 0 Å². The topological polar surface area (TPSA) is 55.1 Å². The van der Waals surface area contributed by atoms with Crippen LogP contribution in [0.25, 0.3) is 0 Å². The summed E-state index contributed by atoms with van der Waals surface area (Å²) in [6.07, 6.45) is 6.27. The normalized spacial score (nSPS) is 10.6. The van der Waals surface area contributed by atoms with Crippen LogP contribution < -0.4 is 11.1 Å². The third kappa shape index (κ3) is 5.36. The van der Waals surface area contributed by atoms with Crippen LogP contribution in [0.5, 0.6) is 0 Å². The van der Waals surface area contributed by atoms with Gasteiger partial charge in [0.2, 0.25) is 0 Å². The molecular formula is C14H20F2N2OS. The van der Waals surface area contributed by atoms with E-state index in [-0.39, 0.29) is 5.56 Å². The van der Waals surface area contributed by atoms with Gasteiger partial charge in [0.05, 0.1) is 0 Å². The van der Waals surface area contributed by atoms with Crippen molar-refractivity contribution in [1.82, 2.24) is 5.32 Å². The fraction of sp³-hybridized carbons (Fsp3) is 0.500. The summed E-state index contributed by atoms with van der Waals surface area (Å²) in [6.45, 7) is 0.506. The maximum Gasteiger partial charge on any atom is 0.251 e. The highest BCUT2D eigenvalue weighted by Crippen LogP contribution is 2.17. The summed E-state index contributed by atoms with van der Waals surface area (Å²) in [5.41, 5.74) is 4.54. The molecule has 0 bridgehead atoms. The van der Waals surface area contributed by atoms with Crippen molar-refractivity contribution in [2.45, 2.75) is 25.7 Å². The lowest BCUT2D eigenvalue weighted by Gasteiger charge is -2.07. The number of benzene rings is 1. The second-order valence-electron chi connectivity index (χ2n) is 4.52. The van der Waals surface area contributed by atoms with E-state index in [9.17, 15) is 13.6 Å². The molecule has 0 aromatic heterocycles. The van der Waals surface area contributed by atoms with Gasteiger partial charge in [-0.3, -0.25) is 4.79 Å². The Morgan fingerprint density at radius 3 is 2.40 bits per heavy atom. The van der Waals surface area contributed by atoms with Gasteiger partial charge < -0.3 is 11.1 Å². The van der Waals surface area contributed by atoms with Crippen LogP contribution >= 0.6 is 11.8 Å². The highest BCUT2D eigenvalue weighted by molar-refractivity contribution is 7.98. The maximum absolute atomic E-state index is 13.2. The minimum Gasteiger partial charge on any atom is -0.394 e. The molecule has 0 atom stereocenters. The zero-order valence-corrected chi connectivity index (χ0v) is 12.4. The van der Waals surface area contributed by atoms with Crippen LogP contribution in [0, 0.1) is 11.6 Å². The Labute approximate surface area is 122 Å². The van der Waals surface area contributed by atoms with Gasteiger partial charge in [0, 0.05) is 12.1 Å². The SMILES string of the molecule is CSCCCCCCNC(=O)c1cc(F)c(N)c(F)c1. The van der Waals surface area contributed by atoms with Crippen molar-refractivity contribution in [3.05, 3.63) is 29.3 Å². The first-order valence-corrected chi connectivity index (χ1v) is 7.97. The molecule has 0 heterocycles. The van der Waals surface area contributed by atoms with E-state index in [1.165, 1.54) is 6.42 Å². The van der Waals surface area contributed by atoms with Crippen LogP contribution in [0.15, 0.2) is 12.1 Å². The quantitative estimate of drug-likeness (QED) is 0.573. The van der Waals surface area contributed by atoms with Crippen LogP contribution in [-0.4, -0.2) is 24.5 Å². The summed E-state index contributed by atoms with van der Waals surface area (Å²) in [5, 5.41) is 2.65. The number of halogens is 2. The molecule has 6 heteroatoms. The molecule has 0 fully saturated rings. The number of amides is 1. The number of nitrogens with two attached hydrogens (primary N) is 1. The van der Waals surface area contributed by atoms with E-state index in [1.54, 1.807) is 0 Å². The molecule has 0 aliphatic carbocycles. The summed E-state index contributed by atoms with van der Waals surface area (Å²) in [4.78, 5) is 11.7. The summed E-state index contributed by atoms with van der Waals surface area (Å²) in [6, 6.07) is 1.90. The lowest BCUT2D eigenvalue weighted by molar-refractivity contribution is 0.0952. The Bertz CT molecular complexity index is 432. The molecule has 0 radical (unpaired) electrons. The van der Waals surface area contributed by atoms with Crippen molar-refractivity contribution in [3.8, 4) is 0 Å². The monoisotopic (exact) mass is 302 g/mol. The molecular weight excluding hydrogens is 282 g/mol. The Kier molecular flexibility index (Phi) is 7.36. The second kappa shape index (κ2) is 8.79. The second-order valence-corrected chi connectivity index (χ2v) is 5.50. The van der Waals surface area contributed by atoms with Gasteiger partial charge in [0.1, 0.15) is 17.3 Å². The fourth-order valence-electron chi connectivity index (χ4n) is 1.74.